The van der Waals surface area contributed by atoms with E-state index in [1.807, 2.05) is 41.1 Å². The lowest BCUT2D eigenvalue weighted by Crippen LogP contribution is -2.32. The highest BCUT2D eigenvalue weighted by Crippen LogP contribution is 2.51. The minimum Gasteiger partial charge on any atom is -0.497 e. The number of hydrogen-bond donors (Lipinski definition) is 1. The van der Waals surface area contributed by atoms with Gasteiger partial charge in [-0.05, 0) is 48.9 Å². The van der Waals surface area contributed by atoms with Gasteiger partial charge in [-0.3, -0.25) is 0 Å². The van der Waals surface area contributed by atoms with Crippen molar-refractivity contribution in [2.24, 2.45) is 0 Å². The molecule has 2 atom stereocenters. The van der Waals surface area contributed by atoms with Gasteiger partial charge < -0.3 is 24.3 Å². The Kier molecular flexibility index (Phi) is 5.29. The fourth-order valence-corrected chi connectivity index (χ4v) is 4.98. The Morgan fingerprint density at radius 1 is 0.861 bits per heavy atom. The standard InChI is InChI=1S/C28H26N4O4/c1-16-5-11-21-20(13-16)25-24(27(36-21)18-8-12-22(34-3)23(14-18)35-4)26(32-28(31-25)29-15-30-32)17-6-9-19(33-2)10-7-17/h5-15,26-27H,1-4H3,(H,29,30,31)/t26-,27-/m0/s1. The minimum absolute atomic E-state index is 0.253. The quantitative estimate of drug-likeness (QED) is 0.420. The van der Waals surface area contributed by atoms with Crippen LogP contribution >= 0.6 is 0 Å². The minimum atomic E-state index is -0.410. The van der Waals surface area contributed by atoms with Crippen LogP contribution in [0.5, 0.6) is 23.0 Å². The Morgan fingerprint density at radius 2 is 1.64 bits per heavy atom. The molecule has 0 radical (unpaired) electrons. The third kappa shape index (κ3) is 3.45. The van der Waals surface area contributed by atoms with Crippen LogP contribution in [0, 0.1) is 6.92 Å². The third-order valence-corrected chi connectivity index (χ3v) is 6.71. The van der Waals surface area contributed by atoms with Gasteiger partial charge in [-0.15, -0.1) is 0 Å². The van der Waals surface area contributed by atoms with E-state index in [4.69, 9.17) is 18.9 Å². The fraction of sp³-hybridized carbons (Fsp3) is 0.214. The highest BCUT2D eigenvalue weighted by Gasteiger charge is 2.41. The average Bonchev–Trinajstić information content (AvgIpc) is 3.39. The van der Waals surface area contributed by atoms with Crippen LogP contribution < -0.4 is 24.3 Å². The maximum absolute atomic E-state index is 6.72. The molecule has 2 aliphatic heterocycles. The van der Waals surface area contributed by atoms with Crippen molar-refractivity contribution >= 4 is 11.6 Å². The summed E-state index contributed by atoms with van der Waals surface area (Å²) in [5.74, 6) is 3.57. The number of benzene rings is 3. The van der Waals surface area contributed by atoms with Crippen LogP contribution in [0.1, 0.15) is 34.4 Å². The SMILES string of the molecule is COc1ccc([C@H]2C3=C(Nc4ncnn42)c2cc(C)ccc2O[C@H]3c2ccc(OC)c(OC)c2)cc1. The van der Waals surface area contributed by atoms with Crippen LogP contribution in [0.3, 0.4) is 0 Å². The van der Waals surface area contributed by atoms with Gasteiger partial charge >= 0.3 is 0 Å². The second kappa shape index (κ2) is 8.64. The van der Waals surface area contributed by atoms with E-state index in [1.165, 1.54) is 0 Å². The Balaban J connectivity index is 1.60. The van der Waals surface area contributed by atoms with Crippen LogP contribution in [-0.4, -0.2) is 36.1 Å². The summed E-state index contributed by atoms with van der Waals surface area (Å²) in [7, 11) is 4.93. The molecule has 4 aromatic rings. The zero-order valence-electron chi connectivity index (χ0n) is 20.5. The molecule has 3 aromatic carbocycles. The van der Waals surface area contributed by atoms with E-state index in [1.54, 1.807) is 27.7 Å². The Hall–Kier alpha value is -4.46. The summed E-state index contributed by atoms with van der Waals surface area (Å²) in [6, 6.07) is 19.9. The molecule has 0 fully saturated rings. The summed E-state index contributed by atoms with van der Waals surface area (Å²) in [6.07, 6.45) is 1.16. The summed E-state index contributed by atoms with van der Waals surface area (Å²) in [4.78, 5) is 4.50. The van der Waals surface area contributed by atoms with Gasteiger partial charge in [0.05, 0.1) is 27.0 Å². The van der Waals surface area contributed by atoms with E-state index in [0.29, 0.717) is 17.4 Å². The van der Waals surface area contributed by atoms with Crippen LogP contribution in [0.25, 0.3) is 5.70 Å². The molecule has 0 spiro atoms. The van der Waals surface area contributed by atoms with Gasteiger partial charge in [0.2, 0.25) is 5.95 Å². The molecule has 1 aromatic heterocycles. The second-order valence-corrected chi connectivity index (χ2v) is 8.77. The van der Waals surface area contributed by atoms with Gasteiger partial charge in [-0.1, -0.05) is 29.8 Å². The number of aromatic nitrogens is 3. The summed E-state index contributed by atoms with van der Waals surface area (Å²) in [5, 5.41) is 8.13. The molecule has 0 unspecified atom stereocenters. The Morgan fingerprint density at radius 3 is 2.39 bits per heavy atom. The molecule has 3 heterocycles. The van der Waals surface area contributed by atoms with E-state index in [2.05, 4.69) is 46.6 Å². The monoisotopic (exact) mass is 482 g/mol. The van der Waals surface area contributed by atoms with Crippen LogP contribution in [-0.2, 0) is 0 Å². The zero-order valence-corrected chi connectivity index (χ0v) is 20.5. The van der Waals surface area contributed by atoms with E-state index < -0.39 is 6.10 Å². The first-order chi connectivity index (χ1) is 17.6. The molecular formula is C28H26N4O4. The van der Waals surface area contributed by atoms with Crippen molar-refractivity contribution in [1.29, 1.82) is 0 Å². The highest BCUT2D eigenvalue weighted by molar-refractivity contribution is 5.85. The molecule has 2 aliphatic rings. The van der Waals surface area contributed by atoms with Crippen molar-refractivity contribution in [1.82, 2.24) is 14.8 Å². The number of nitrogens with zero attached hydrogens (tertiary/aromatic N) is 3. The van der Waals surface area contributed by atoms with Crippen molar-refractivity contribution in [3.8, 4) is 23.0 Å². The molecule has 0 saturated heterocycles. The maximum atomic E-state index is 6.72. The molecule has 6 rings (SSSR count). The van der Waals surface area contributed by atoms with Gasteiger partial charge in [-0.25, -0.2) is 4.68 Å². The van der Waals surface area contributed by atoms with E-state index in [-0.39, 0.29) is 6.04 Å². The molecule has 8 heteroatoms. The van der Waals surface area contributed by atoms with Gasteiger partial charge in [0.15, 0.2) is 11.5 Å². The predicted molar refractivity (Wildman–Crippen MR) is 136 cm³/mol. The largest absolute Gasteiger partial charge is 0.497 e. The van der Waals surface area contributed by atoms with Gasteiger partial charge in [0.1, 0.15) is 30.0 Å². The summed E-state index contributed by atoms with van der Waals surface area (Å²) in [6.45, 7) is 2.08. The first kappa shape index (κ1) is 22.0. The molecule has 0 saturated carbocycles. The van der Waals surface area contributed by atoms with Crippen molar-refractivity contribution in [2.75, 3.05) is 26.6 Å². The molecule has 1 N–H and O–H groups in total. The first-order valence-corrected chi connectivity index (χ1v) is 11.7. The lowest BCUT2D eigenvalue weighted by molar-refractivity contribution is 0.222. The van der Waals surface area contributed by atoms with Crippen LogP contribution in [0.15, 0.2) is 72.6 Å². The summed E-state index contributed by atoms with van der Waals surface area (Å²) < 4.78 is 25.1. The Bertz CT molecular complexity index is 1480. The van der Waals surface area contributed by atoms with Gasteiger partial charge in [0.25, 0.3) is 0 Å². The number of anilines is 1. The lowest BCUT2D eigenvalue weighted by atomic mass is 9.84. The Labute approximate surface area is 209 Å². The van der Waals surface area contributed by atoms with Gasteiger partial charge in [-0.2, -0.15) is 10.1 Å². The number of nitrogens with one attached hydrogen (secondary N) is 1. The van der Waals surface area contributed by atoms with Crippen LogP contribution in [0.4, 0.5) is 5.95 Å². The van der Waals surface area contributed by atoms with Crippen molar-refractivity contribution < 1.29 is 18.9 Å². The smallest absolute Gasteiger partial charge is 0.226 e. The second-order valence-electron chi connectivity index (χ2n) is 8.77. The molecule has 36 heavy (non-hydrogen) atoms. The van der Waals surface area contributed by atoms with Crippen molar-refractivity contribution in [3.63, 3.8) is 0 Å². The van der Waals surface area contributed by atoms with Crippen molar-refractivity contribution in [2.45, 2.75) is 19.1 Å². The third-order valence-electron chi connectivity index (χ3n) is 6.71. The summed E-state index contributed by atoms with van der Waals surface area (Å²) in [5.41, 5.74) is 6.12. The highest BCUT2D eigenvalue weighted by atomic mass is 16.5. The predicted octanol–water partition coefficient (Wildman–Crippen LogP) is 5.17. The molecular weight excluding hydrogens is 456 g/mol. The topological polar surface area (TPSA) is 79.7 Å². The first-order valence-electron chi connectivity index (χ1n) is 11.7. The number of rotatable bonds is 5. The lowest BCUT2D eigenvalue weighted by Gasteiger charge is -2.39. The number of hydrogen-bond acceptors (Lipinski definition) is 7. The van der Waals surface area contributed by atoms with Gasteiger partial charge in [0, 0.05) is 16.7 Å². The number of aryl methyl sites for hydroxylation is 1. The fourth-order valence-electron chi connectivity index (χ4n) is 4.98. The number of methoxy groups -OCH3 is 3. The normalized spacial score (nSPS) is 17.8. The maximum Gasteiger partial charge on any atom is 0.226 e. The number of ether oxygens (including phenoxy) is 4. The molecule has 0 aliphatic carbocycles. The zero-order chi connectivity index (χ0) is 24.8. The molecule has 182 valence electrons. The average molecular weight is 483 g/mol. The van der Waals surface area contributed by atoms with E-state index in [9.17, 15) is 0 Å². The molecule has 8 nitrogen and oxygen atoms in total. The summed E-state index contributed by atoms with van der Waals surface area (Å²) >= 11 is 0. The van der Waals surface area contributed by atoms with Crippen LogP contribution in [0.2, 0.25) is 0 Å². The van der Waals surface area contributed by atoms with E-state index in [0.717, 1.165) is 45.0 Å². The molecule has 0 amide bonds. The molecule has 0 bridgehead atoms. The number of fused-ring (bicyclic) bond motifs is 3. The van der Waals surface area contributed by atoms with Crippen molar-refractivity contribution in [3.05, 3.63) is 94.8 Å². The van der Waals surface area contributed by atoms with E-state index >= 15 is 0 Å².